The summed E-state index contributed by atoms with van der Waals surface area (Å²) in [4.78, 5) is 10.9. The van der Waals surface area contributed by atoms with Gasteiger partial charge in [0.05, 0.1) is 6.54 Å². The standard InChI is InChI=1S/C13H15NO3S/c1-8-6-18-7-10(8)4-14-5-11-3-12(13(15)16)9(2)17-11/h3,6-7,14H,4-5H2,1-2H3,(H,15,16). The minimum Gasteiger partial charge on any atom is -0.478 e. The molecular weight excluding hydrogens is 250 g/mol. The number of carboxylic acid groups (broad SMARTS) is 1. The summed E-state index contributed by atoms with van der Waals surface area (Å²) >= 11 is 1.68. The number of carboxylic acids is 1. The van der Waals surface area contributed by atoms with Crippen LogP contribution in [-0.4, -0.2) is 11.1 Å². The lowest BCUT2D eigenvalue weighted by Gasteiger charge is -2.01. The largest absolute Gasteiger partial charge is 0.478 e. The second-order valence-corrected chi connectivity index (χ2v) is 4.91. The molecule has 0 saturated heterocycles. The molecule has 0 bridgehead atoms. The van der Waals surface area contributed by atoms with Gasteiger partial charge < -0.3 is 14.8 Å². The minimum atomic E-state index is -0.948. The van der Waals surface area contributed by atoms with Crippen molar-refractivity contribution in [1.82, 2.24) is 5.32 Å². The van der Waals surface area contributed by atoms with Crippen LogP contribution in [0.15, 0.2) is 21.2 Å². The van der Waals surface area contributed by atoms with Gasteiger partial charge in [-0.05, 0) is 41.8 Å². The van der Waals surface area contributed by atoms with Gasteiger partial charge in [-0.15, -0.1) is 0 Å². The Morgan fingerprint density at radius 3 is 2.72 bits per heavy atom. The zero-order chi connectivity index (χ0) is 13.1. The van der Waals surface area contributed by atoms with Crippen LogP contribution in [0.25, 0.3) is 0 Å². The highest BCUT2D eigenvalue weighted by atomic mass is 32.1. The Kier molecular flexibility index (Phi) is 3.84. The molecule has 0 aliphatic rings. The maximum Gasteiger partial charge on any atom is 0.339 e. The molecule has 2 rings (SSSR count). The molecule has 0 radical (unpaired) electrons. The third-order valence-electron chi connectivity index (χ3n) is 2.78. The third kappa shape index (κ3) is 2.80. The number of hydrogen-bond donors (Lipinski definition) is 2. The van der Waals surface area contributed by atoms with Crippen LogP contribution in [0.4, 0.5) is 0 Å². The van der Waals surface area contributed by atoms with E-state index >= 15 is 0 Å². The minimum absolute atomic E-state index is 0.235. The third-order valence-corrected chi connectivity index (χ3v) is 3.69. The number of rotatable bonds is 5. The molecule has 2 aromatic heterocycles. The van der Waals surface area contributed by atoms with Crippen LogP contribution in [0, 0.1) is 13.8 Å². The van der Waals surface area contributed by atoms with E-state index < -0.39 is 5.97 Å². The topological polar surface area (TPSA) is 62.5 Å². The van der Waals surface area contributed by atoms with Crippen LogP contribution >= 0.6 is 11.3 Å². The van der Waals surface area contributed by atoms with Crippen molar-refractivity contribution in [3.63, 3.8) is 0 Å². The molecule has 0 aliphatic carbocycles. The van der Waals surface area contributed by atoms with Crippen molar-refractivity contribution in [3.05, 3.63) is 45.0 Å². The molecule has 4 nitrogen and oxygen atoms in total. The van der Waals surface area contributed by atoms with Gasteiger partial charge in [0.1, 0.15) is 17.1 Å². The molecule has 2 heterocycles. The van der Waals surface area contributed by atoms with E-state index in [9.17, 15) is 4.79 Å². The van der Waals surface area contributed by atoms with E-state index in [2.05, 4.69) is 23.0 Å². The van der Waals surface area contributed by atoms with Crippen molar-refractivity contribution in [1.29, 1.82) is 0 Å². The maximum absolute atomic E-state index is 10.9. The van der Waals surface area contributed by atoms with Gasteiger partial charge in [-0.25, -0.2) is 4.79 Å². The van der Waals surface area contributed by atoms with Crippen molar-refractivity contribution in [2.24, 2.45) is 0 Å². The normalized spacial score (nSPS) is 10.8. The average molecular weight is 265 g/mol. The van der Waals surface area contributed by atoms with Crippen molar-refractivity contribution >= 4 is 17.3 Å². The van der Waals surface area contributed by atoms with E-state index in [0.29, 0.717) is 18.1 Å². The highest BCUT2D eigenvalue weighted by Gasteiger charge is 2.13. The Bertz CT molecular complexity index is 556. The van der Waals surface area contributed by atoms with E-state index in [-0.39, 0.29) is 5.56 Å². The van der Waals surface area contributed by atoms with Gasteiger partial charge in [-0.2, -0.15) is 11.3 Å². The van der Waals surface area contributed by atoms with Gasteiger partial charge in [0.25, 0.3) is 0 Å². The van der Waals surface area contributed by atoms with Gasteiger partial charge >= 0.3 is 5.97 Å². The van der Waals surface area contributed by atoms with E-state index in [1.807, 2.05) is 0 Å². The molecule has 0 saturated carbocycles. The van der Waals surface area contributed by atoms with Crippen molar-refractivity contribution in [2.75, 3.05) is 0 Å². The van der Waals surface area contributed by atoms with Crippen LogP contribution in [-0.2, 0) is 13.1 Å². The summed E-state index contributed by atoms with van der Waals surface area (Å²) in [6.07, 6.45) is 0. The van der Waals surface area contributed by atoms with E-state index in [4.69, 9.17) is 9.52 Å². The predicted molar refractivity (Wildman–Crippen MR) is 70.0 cm³/mol. The van der Waals surface area contributed by atoms with Crippen LogP contribution < -0.4 is 5.32 Å². The van der Waals surface area contributed by atoms with Gasteiger partial charge in [0, 0.05) is 6.54 Å². The maximum atomic E-state index is 10.9. The second-order valence-electron chi connectivity index (χ2n) is 4.17. The Hall–Kier alpha value is -1.59. The van der Waals surface area contributed by atoms with Crippen molar-refractivity contribution in [3.8, 4) is 0 Å². The van der Waals surface area contributed by atoms with E-state index in [1.165, 1.54) is 11.1 Å². The summed E-state index contributed by atoms with van der Waals surface area (Å²) < 4.78 is 5.38. The monoisotopic (exact) mass is 265 g/mol. The fourth-order valence-electron chi connectivity index (χ4n) is 1.73. The molecule has 2 N–H and O–H groups in total. The number of thiophene rings is 1. The van der Waals surface area contributed by atoms with Gasteiger partial charge in [0.15, 0.2) is 0 Å². The number of nitrogens with one attached hydrogen (secondary N) is 1. The lowest BCUT2D eigenvalue weighted by atomic mass is 10.2. The Labute approximate surface area is 109 Å². The van der Waals surface area contributed by atoms with Crippen molar-refractivity contribution < 1.29 is 14.3 Å². The van der Waals surface area contributed by atoms with Gasteiger partial charge in [0.2, 0.25) is 0 Å². The van der Waals surface area contributed by atoms with Crippen LogP contribution in [0.2, 0.25) is 0 Å². The van der Waals surface area contributed by atoms with Crippen LogP contribution in [0.3, 0.4) is 0 Å². The molecular formula is C13H15NO3S. The lowest BCUT2D eigenvalue weighted by Crippen LogP contribution is -2.12. The van der Waals surface area contributed by atoms with E-state index in [0.717, 1.165) is 6.54 Å². The highest BCUT2D eigenvalue weighted by Crippen LogP contribution is 2.16. The first kappa shape index (κ1) is 12.9. The van der Waals surface area contributed by atoms with Crippen molar-refractivity contribution in [2.45, 2.75) is 26.9 Å². The predicted octanol–water partition coefficient (Wildman–Crippen LogP) is 2.95. The molecule has 96 valence electrons. The fourth-order valence-corrected chi connectivity index (χ4v) is 2.59. The summed E-state index contributed by atoms with van der Waals surface area (Å²) in [5, 5.41) is 16.4. The second kappa shape index (κ2) is 5.37. The zero-order valence-corrected chi connectivity index (χ0v) is 11.1. The summed E-state index contributed by atoms with van der Waals surface area (Å²) in [6, 6.07) is 1.57. The molecule has 0 fully saturated rings. The molecule has 18 heavy (non-hydrogen) atoms. The SMILES string of the molecule is Cc1cscc1CNCc1cc(C(=O)O)c(C)o1. The highest BCUT2D eigenvalue weighted by molar-refractivity contribution is 7.08. The number of aromatic carboxylic acids is 1. The molecule has 2 aromatic rings. The Morgan fingerprint density at radius 2 is 2.17 bits per heavy atom. The fraction of sp³-hybridized carbons (Fsp3) is 0.308. The zero-order valence-electron chi connectivity index (χ0n) is 10.3. The quantitative estimate of drug-likeness (QED) is 0.872. The molecule has 0 amide bonds. The van der Waals surface area contributed by atoms with Gasteiger partial charge in [-0.3, -0.25) is 0 Å². The number of furan rings is 1. The molecule has 0 unspecified atom stereocenters. The summed E-state index contributed by atoms with van der Waals surface area (Å²) in [6.45, 7) is 5.03. The molecule has 0 atom stereocenters. The Balaban J connectivity index is 1.93. The number of carbonyl (C=O) groups is 1. The number of hydrogen-bond acceptors (Lipinski definition) is 4. The summed E-state index contributed by atoms with van der Waals surface area (Å²) in [5.41, 5.74) is 2.77. The number of aryl methyl sites for hydroxylation is 2. The van der Waals surface area contributed by atoms with Gasteiger partial charge in [-0.1, -0.05) is 0 Å². The molecule has 0 aliphatic heterocycles. The first-order valence-corrected chi connectivity index (χ1v) is 6.57. The molecule has 5 heteroatoms. The summed E-state index contributed by atoms with van der Waals surface area (Å²) in [7, 11) is 0. The lowest BCUT2D eigenvalue weighted by molar-refractivity contribution is 0.0695. The Morgan fingerprint density at radius 1 is 1.39 bits per heavy atom. The first-order chi connectivity index (χ1) is 8.58. The molecule has 0 aromatic carbocycles. The van der Waals surface area contributed by atoms with E-state index in [1.54, 1.807) is 24.3 Å². The average Bonchev–Trinajstić information content (AvgIpc) is 2.86. The smallest absolute Gasteiger partial charge is 0.339 e. The first-order valence-electron chi connectivity index (χ1n) is 5.63. The van der Waals surface area contributed by atoms with Crippen LogP contribution in [0.5, 0.6) is 0 Å². The summed E-state index contributed by atoms with van der Waals surface area (Å²) in [5.74, 6) is 0.153. The van der Waals surface area contributed by atoms with Crippen LogP contribution in [0.1, 0.15) is 33.0 Å². The molecule has 0 spiro atoms.